The van der Waals surface area contributed by atoms with E-state index < -0.39 is 13.3 Å². The van der Waals surface area contributed by atoms with Crippen LogP contribution < -0.4 is 3.20 Å². The van der Waals surface area contributed by atoms with Crippen LogP contribution in [0.15, 0.2) is 60.9 Å². The molecule has 4 aromatic rings. The van der Waals surface area contributed by atoms with Crippen LogP contribution in [0.5, 0.6) is 0 Å². The van der Waals surface area contributed by atoms with Crippen LogP contribution in [-0.2, 0) is 13.3 Å². The third-order valence-corrected chi connectivity index (χ3v) is 18.2. The summed E-state index contributed by atoms with van der Waals surface area (Å²) in [5.74, 6) is 1.33. The van der Waals surface area contributed by atoms with Crippen LogP contribution in [0, 0.1) is 3.89 Å². The predicted octanol–water partition coefficient (Wildman–Crippen LogP) is 17.7. The molecule has 0 radical (unpaired) electrons. The molecule has 0 aliphatic rings. The first-order valence-corrected chi connectivity index (χ1v) is 28.6. The topological polar surface area (TPSA) is 13.7 Å². The summed E-state index contributed by atoms with van der Waals surface area (Å²) in [6.07, 6.45) is 21.1. The molecule has 0 N–H and O–H groups in total. The van der Waals surface area contributed by atoms with Gasteiger partial charge in [0.15, 0.2) is 0 Å². The van der Waals surface area contributed by atoms with Crippen LogP contribution in [0.25, 0.3) is 11.4 Å². The van der Waals surface area contributed by atoms with Crippen LogP contribution in [0.2, 0.25) is 15.3 Å². The average molecular weight is 973 g/mol. The van der Waals surface area contributed by atoms with Crippen LogP contribution >= 0.6 is 53.9 Å². The fraction of sp³-hybridized carbons (Fsp3) is 0.583. The third-order valence-electron chi connectivity index (χ3n) is 11.5. The molecule has 0 aliphatic heterocycles. The van der Waals surface area contributed by atoms with E-state index in [1.807, 2.05) is 27.7 Å². The molecule has 0 amide bonds. The van der Waals surface area contributed by atoms with E-state index in [2.05, 4.69) is 101 Å². The zero-order valence-corrected chi connectivity index (χ0v) is 41.3. The van der Waals surface area contributed by atoms with Gasteiger partial charge in [-0.15, -0.1) is 0 Å². The summed E-state index contributed by atoms with van der Waals surface area (Å²) in [7, 11) is 16.3. The van der Waals surface area contributed by atoms with Gasteiger partial charge in [-0.05, 0) is 0 Å². The maximum absolute atomic E-state index is 8.13. The number of hydrogen-bond donors (Lipinski definition) is 0. The molecular formula is C48H70Cl5N3Pd+. The van der Waals surface area contributed by atoms with Gasteiger partial charge in [0.05, 0.1) is 0 Å². The summed E-state index contributed by atoms with van der Waals surface area (Å²) in [5.41, 5.74) is 7.40. The zero-order valence-electron chi connectivity index (χ0n) is 35.9. The fourth-order valence-electron chi connectivity index (χ4n) is 9.17. The third kappa shape index (κ3) is 11.2. The Kier molecular flexibility index (Phi) is 20.3. The van der Waals surface area contributed by atoms with Gasteiger partial charge >= 0.3 is 375 Å². The molecule has 0 aliphatic carbocycles. The molecule has 0 fully saturated rings. The Morgan fingerprint density at radius 3 is 1.04 bits per heavy atom. The Hall–Kier alpha value is -1.09. The van der Waals surface area contributed by atoms with Gasteiger partial charge in [0, 0.05) is 0 Å². The molecule has 0 bridgehead atoms. The van der Waals surface area contributed by atoms with E-state index >= 15 is 0 Å². The van der Waals surface area contributed by atoms with Gasteiger partial charge in [-0.1, -0.05) is 0 Å². The van der Waals surface area contributed by atoms with Crippen molar-refractivity contribution in [2.24, 2.45) is 0 Å². The Labute approximate surface area is 372 Å². The molecule has 0 unspecified atom stereocenters. The first kappa shape index (κ1) is 48.6. The molecule has 0 saturated heterocycles. The Morgan fingerprint density at radius 1 is 0.474 bits per heavy atom. The number of pyridine rings is 1. The van der Waals surface area contributed by atoms with Crippen molar-refractivity contribution in [3.05, 3.63) is 102 Å². The number of nitrogens with zero attached hydrogens (tertiary/aromatic N) is 3. The van der Waals surface area contributed by atoms with Crippen molar-refractivity contribution < 1.29 is 16.5 Å². The second kappa shape index (κ2) is 23.8. The van der Waals surface area contributed by atoms with Gasteiger partial charge in [0.1, 0.15) is 0 Å². The van der Waals surface area contributed by atoms with E-state index in [4.69, 9.17) is 53.9 Å². The summed E-state index contributed by atoms with van der Waals surface area (Å²) >= 11 is 18.5. The quantitative estimate of drug-likeness (QED) is 0.0658. The number of aromatic nitrogens is 3. The molecule has 57 heavy (non-hydrogen) atoms. The summed E-state index contributed by atoms with van der Waals surface area (Å²) in [6.45, 7) is 18.3. The molecule has 2 aromatic carbocycles. The monoisotopic (exact) mass is 969 g/mol. The number of benzene rings is 2. The molecule has 3 nitrogen and oxygen atoms in total. The van der Waals surface area contributed by atoms with Crippen molar-refractivity contribution in [3.8, 4) is 11.4 Å². The van der Waals surface area contributed by atoms with Crippen molar-refractivity contribution in [1.82, 2.24) is 9.13 Å². The average Bonchev–Trinajstić information content (AvgIpc) is 3.46. The van der Waals surface area contributed by atoms with E-state index in [9.17, 15) is 0 Å². The van der Waals surface area contributed by atoms with Crippen molar-refractivity contribution >= 4 is 53.9 Å². The van der Waals surface area contributed by atoms with E-state index in [1.165, 1.54) is 22.3 Å². The Bertz CT molecular complexity index is 1760. The van der Waals surface area contributed by atoms with Gasteiger partial charge < -0.3 is 0 Å². The van der Waals surface area contributed by atoms with Gasteiger partial charge in [0.25, 0.3) is 0 Å². The molecule has 2 aromatic heterocycles. The summed E-state index contributed by atoms with van der Waals surface area (Å²) in [4.78, 5) is 0. The van der Waals surface area contributed by atoms with Crippen molar-refractivity contribution in [1.29, 1.82) is 0 Å². The number of rotatable bonds is 23. The standard InChI is InChI=1S/C43H66Cl2N2.C5H4ClN.2ClH.Pd/c1-9-19-32(20-10-2)36-27-17-28-37(33(21-11-3)22-12-4)40(36)46-31-47(43(45)42(46)44)41-38(34(23-13-5)24-14-6)29-18-30-39(41)35(25-15-7)26-16-8;6-5-2-1-3-7-4-5;;;/h17-18,27-30,32-35H,9-16,19-26H2,1-8H3;1-4H;2*1H;/q;;;;+3/p-2. The van der Waals surface area contributed by atoms with E-state index in [-0.39, 0.29) is 0 Å². The van der Waals surface area contributed by atoms with Crippen LogP contribution in [0.3, 0.4) is 0 Å². The molecular weight excluding hydrogens is 902 g/mol. The molecule has 0 spiro atoms. The number of imidazole rings is 1. The van der Waals surface area contributed by atoms with E-state index in [1.54, 1.807) is 0 Å². The molecule has 2 heterocycles. The Morgan fingerprint density at radius 2 is 0.772 bits per heavy atom. The van der Waals surface area contributed by atoms with Gasteiger partial charge in [0.2, 0.25) is 0 Å². The molecule has 321 valence electrons. The second-order valence-electron chi connectivity index (χ2n) is 15.8. The predicted molar refractivity (Wildman–Crippen MR) is 247 cm³/mol. The van der Waals surface area contributed by atoms with E-state index in [0.717, 1.165) is 118 Å². The molecule has 4 rings (SSSR count). The van der Waals surface area contributed by atoms with Gasteiger partial charge in [-0.2, -0.15) is 0 Å². The summed E-state index contributed by atoms with van der Waals surface area (Å²) in [6, 6.07) is 17.7. The van der Waals surface area contributed by atoms with Crippen molar-refractivity contribution in [2.45, 2.75) is 182 Å². The molecule has 0 saturated carbocycles. The second-order valence-corrected chi connectivity index (χ2v) is 25.0. The minimum atomic E-state index is -3.97. The molecule has 0 atom stereocenters. The maximum atomic E-state index is 8.13. The SMILES string of the molecule is CCCC(CCC)c1cccc(C(CCC)CCC)c1-n1c(Cl)c(Cl)n(-c2c(C(CCC)CCC)cccc2C(CCC)CCC)[c]1=[Pd]([Cl])([Cl])[n+]1cccc(Cl)c1. The van der Waals surface area contributed by atoms with Crippen molar-refractivity contribution in [3.63, 3.8) is 0 Å². The van der Waals surface area contributed by atoms with Crippen LogP contribution in [0.1, 0.15) is 204 Å². The minimum absolute atomic E-state index is 0.332. The van der Waals surface area contributed by atoms with Crippen molar-refractivity contribution in [2.75, 3.05) is 0 Å². The first-order valence-electron chi connectivity index (χ1n) is 22.0. The van der Waals surface area contributed by atoms with E-state index in [0.29, 0.717) is 39.0 Å². The summed E-state index contributed by atoms with van der Waals surface area (Å²) < 4.78 is 7.13. The summed E-state index contributed by atoms with van der Waals surface area (Å²) in [5, 5.41) is 1.47. The normalized spacial score (nSPS) is 12.6. The van der Waals surface area contributed by atoms with Gasteiger partial charge in [-0.3, -0.25) is 0 Å². The fourth-order valence-corrected chi connectivity index (χ4v) is 15.0. The van der Waals surface area contributed by atoms with Crippen LogP contribution in [-0.4, -0.2) is 9.13 Å². The number of halogens is 5. The number of para-hydroxylation sites is 2. The molecule has 9 heteroatoms. The van der Waals surface area contributed by atoms with Crippen LogP contribution in [0.4, 0.5) is 0 Å². The van der Waals surface area contributed by atoms with Gasteiger partial charge in [-0.25, -0.2) is 0 Å². The zero-order chi connectivity index (χ0) is 41.7. The first-order chi connectivity index (χ1) is 27.5. The Balaban J connectivity index is 2.45. The number of hydrogen-bond acceptors (Lipinski definition) is 0.